The maximum Gasteiger partial charge on any atom is 0.127 e. The van der Waals surface area contributed by atoms with Crippen LogP contribution in [0.2, 0.25) is 0 Å². The average molecular weight is 226 g/mol. The topological polar surface area (TPSA) is 49.1 Å². The molecule has 0 atom stereocenters. The highest BCUT2D eigenvalue weighted by Crippen LogP contribution is 1.82. The Balaban J connectivity index is 3.40. The molecule has 0 radical (unpaired) electrons. The molecule has 46 valence electrons. The van der Waals surface area contributed by atoms with Crippen molar-refractivity contribution in [1.82, 2.24) is 5.43 Å². The van der Waals surface area contributed by atoms with E-state index in [1.165, 1.54) is 0 Å². The molecule has 0 aliphatic heterocycles. The van der Waals surface area contributed by atoms with Crippen LogP contribution in [0.4, 0.5) is 0 Å². The lowest BCUT2D eigenvalue weighted by Crippen LogP contribution is -2.10. The van der Waals surface area contributed by atoms with Gasteiger partial charge < -0.3 is 0 Å². The number of halogens is 1. The van der Waals surface area contributed by atoms with Gasteiger partial charge in [0.2, 0.25) is 0 Å². The largest absolute Gasteiger partial charge is 0.246 e. The summed E-state index contributed by atoms with van der Waals surface area (Å²) in [4.78, 5) is 0. The van der Waals surface area contributed by atoms with Crippen molar-refractivity contribution in [3.05, 3.63) is 0 Å². The molecule has 0 saturated heterocycles. The highest BCUT2D eigenvalue weighted by atomic mass is 127. The van der Waals surface area contributed by atoms with Crippen LogP contribution in [0.5, 0.6) is 0 Å². The van der Waals surface area contributed by atoms with E-state index in [4.69, 9.17) is 0 Å². The summed E-state index contributed by atoms with van der Waals surface area (Å²) < 4.78 is 3.75. The predicted octanol–water partition coefficient (Wildman–Crippen LogP) is 1.34. The average Bonchev–Trinajstić information content (AvgIpc) is 1.83. The fourth-order valence-corrected chi connectivity index (χ4v) is 0.249. The Morgan fingerprint density at radius 1 is 1.62 bits per heavy atom. The van der Waals surface area contributed by atoms with Gasteiger partial charge in [-0.25, -0.2) is 8.63 Å². The van der Waals surface area contributed by atoms with Crippen molar-refractivity contribution in [2.24, 2.45) is 13.5 Å². The molecule has 0 fully saturated rings. The monoisotopic (exact) mass is 226 g/mol. The van der Waals surface area contributed by atoms with Gasteiger partial charge >= 0.3 is 0 Å². The zero-order valence-corrected chi connectivity index (χ0v) is 6.88. The van der Waals surface area contributed by atoms with Gasteiger partial charge in [0.1, 0.15) is 5.84 Å². The lowest BCUT2D eigenvalue weighted by Gasteiger charge is -1.89. The third kappa shape index (κ3) is 3.97. The molecule has 8 heavy (non-hydrogen) atoms. The first-order valence-electron chi connectivity index (χ1n) is 2.01. The second kappa shape index (κ2) is 4.95. The molecule has 4 nitrogen and oxygen atoms in total. The summed E-state index contributed by atoms with van der Waals surface area (Å²) in [5, 5.41) is 6.94. The number of hydrogen-bond donors (Lipinski definition) is 1. The van der Waals surface area contributed by atoms with Crippen LogP contribution in [-0.4, -0.2) is 12.9 Å². The molecular formula is C3H7IN4. The van der Waals surface area contributed by atoms with Crippen molar-refractivity contribution in [3.8, 4) is 0 Å². The standard InChI is InChI=1S/C3H7IN4/c1-3(6-4)7-8-5-2/h1-2H3,(H,5,6,7). The second-order valence-corrected chi connectivity index (χ2v) is 1.56. The summed E-state index contributed by atoms with van der Waals surface area (Å²) in [6.45, 7) is 1.81. The minimum absolute atomic E-state index is 0.746. The Labute approximate surface area is 61.9 Å². The fourth-order valence-electron chi connectivity index (χ4n) is 0.141. The molecule has 0 aromatic carbocycles. The molecule has 0 heterocycles. The van der Waals surface area contributed by atoms with E-state index in [2.05, 4.69) is 19.0 Å². The molecule has 0 saturated carbocycles. The highest BCUT2D eigenvalue weighted by Gasteiger charge is 1.79. The smallest absolute Gasteiger partial charge is 0.127 e. The molecule has 0 bridgehead atoms. The normalized spacial score (nSPS) is 12.6. The zero-order chi connectivity index (χ0) is 6.41. The van der Waals surface area contributed by atoms with Gasteiger partial charge in [0.25, 0.3) is 0 Å². The molecule has 0 aliphatic carbocycles. The third-order valence-electron chi connectivity index (χ3n) is 0.439. The lowest BCUT2D eigenvalue weighted by molar-refractivity contribution is 0.892. The van der Waals surface area contributed by atoms with Gasteiger partial charge in [0, 0.05) is 0 Å². The van der Waals surface area contributed by atoms with E-state index in [1.54, 1.807) is 14.0 Å². The molecule has 0 amide bonds. The van der Waals surface area contributed by atoms with Crippen molar-refractivity contribution in [1.29, 1.82) is 0 Å². The van der Waals surface area contributed by atoms with Crippen molar-refractivity contribution in [3.63, 3.8) is 0 Å². The summed E-state index contributed by atoms with van der Waals surface area (Å²) in [6.07, 6.45) is 0. The first-order chi connectivity index (χ1) is 3.81. The van der Waals surface area contributed by atoms with Crippen molar-refractivity contribution in [2.45, 2.75) is 6.92 Å². The van der Waals surface area contributed by atoms with Gasteiger partial charge in [-0.15, -0.1) is 0 Å². The molecule has 0 aromatic rings. The number of rotatable bonds is 1. The highest BCUT2D eigenvalue weighted by molar-refractivity contribution is 14.1. The van der Waals surface area contributed by atoms with E-state index in [9.17, 15) is 0 Å². The quantitative estimate of drug-likeness (QED) is 0.237. The first-order valence-corrected chi connectivity index (χ1v) is 2.98. The summed E-state index contributed by atoms with van der Waals surface area (Å²) in [6, 6.07) is 0. The van der Waals surface area contributed by atoms with Crippen LogP contribution in [-0.2, 0) is 0 Å². The molecule has 0 spiro atoms. The van der Waals surface area contributed by atoms with E-state index < -0.39 is 0 Å². The Bertz CT molecular complexity index is 108. The molecular weight excluding hydrogens is 219 g/mol. The third-order valence-corrected chi connectivity index (χ3v) is 1.16. The maximum atomic E-state index is 3.75. The Morgan fingerprint density at radius 2 is 2.25 bits per heavy atom. The van der Waals surface area contributed by atoms with Gasteiger partial charge in [-0.1, -0.05) is 5.22 Å². The van der Waals surface area contributed by atoms with E-state index in [1.807, 2.05) is 22.9 Å². The predicted molar refractivity (Wildman–Crippen MR) is 41.0 cm³/mol. The van der Waals surface area contributed by atoms with Crippen LogP contribution >= 0.6 is 22.9 Å². The van der Waals surface area contributed by atoms with Crippen LogP contribution in [0, 0.1) is 0 Å². The van der Waals surface area contributed by atoms with Crippen LogP contribution in [0.1, 0.15) is 6.92 Å². The number of amidine groups is 1. The van der Waals surface area contributed by atoms with Gasteiger partial charge in [-0.2, -0.15) is 5.11 Å². The maximum absolute atomic E-state index is 3.75. The molecule has 0 rings (SSSR count). The van der Waals surface area contributed by atoms with E-state index in [0.717, 1.165) is 5.84 Å². The van der Waals surface area contributed by atoms with Crippen molar-refractivity contribution >= 4 is 28.7 Å². The summed E-state index contributed by atoms with van der Waals surface area (Å²) >= 11 is 1.88. The molecule has 0 aliphatic rings. The summed E-state index contributed by atoms with van der Waals surface area (Å²) in [7, 11) is 1.59. The number of hydrogen-bond acceptors (Lipinski definition) is 3. The second-order valence-electron chi connectivity index (χ2n) is 1.08. The number of nitrogens with one attached hydrogen (secondary N) is 1. The van der Waals surface area contributed by atoms with Crippen LogP contribution in [0.15, 0.2) is 13.5 Å². The van der Waals surface area contributed by atoms with Gasteiger partial charge in [0.15, 0.2) is 0 Å². The van der Waals surface area contributed by atoms with Crippen molar-refractivity contribution < 1.29 is 0 Å². The SMILES string of the molecule is CN=NNC(C)=NI. The summed E-state index contributed by atoms with van der Waals surface area (Å²) in [5.74, 6) is 0.746. The van der Waals surface area contributed by atoms with Gasteiger partial charge in [-0.3, -0.25) is 0 Å². The van der Waals surface area contributed by atoms with E-state index in [-0.39, 0.29) is 0 Å². The van der Waals surface area contributed by atoms with Gasteiger partial charge in [0.05, 0.1) is 29.9 Å². The summed E-state index contributed by atoms with van der Waals surface area (Å²) in [5.41, 5.74) is 2.58. The molecule has 1 N–H and O–H groups in total. The van der Waals surface area contributed by atoms with Crippen LogP contribution < -0.4 is 5.43 Å². The van der Waals surface area contributed by atoms with E-state index in [0.29, 0.717) is 0 Å². The molecule has 0 aromatic heterocycles. The zero-order valence-electron chi connectivity index (χ0n) is 4.72. The minimum atomic E-state index is 0.746. The molecule has 0 unspecified atom stereocenters. The van der Waals surface area contributed by atoms with Crippen LogP contribution in [0.3, 0.4) is 0 Å². The van der Waals surface area contributed by atoms with Crippen LogP contribution in [0.25, 0.3) is 0 Å². The fraction of sp³-hybridized carbons (Fsp3) is 0.667. The Hall–Kier alpha value is -0.200. The Kier molecular flexibility index (Phi) is 4.82. The number of nitrogens with zero attached hydrogens (tertiary/aromatic N) is 3. The van der Waals surface area contributed by atoms with E-state index >= 15 is 0 Å². The van der Waals surface area contributed by atoms with Crippen molar-refractivity contribution in [2.75, 3.05) is 7.05 Å². The first kappa shape index (κ1) is 7.80. The molecule has 5 heteroatoms. The lowest BCUT2D eigenvalue weighted by atomic mass is 10.7. The Morgan fingerprint density at radius 3 is 2.62 bits per heavy atom. The van der Waals surface area contributed by atoms with Gasteiger partial charge in [-0.05, 0) is 6.92 Å². The minimum Gasteiger partial charge on any atom is -0.246 e.